The molecule has 1 aromatic heterocycles. The zero-order valence-corrected chi connectivity index (χ0v) is 14.3. The van der Waals surface area contributed by atoms with E-state index in [1.54, 1.807) is 29.3 Å². The van der Waals surface area contributed by atoms with E-state index >= 15 is 0 Å². The second kappa shape index (κ2) is 7.19. The van der Waals surface area contributed by atoms with Crippen molar-refractivity contribution in [3.63, 3.8) is 0 Å². The fourth-order valence-corrected chi connectivity index (χ4v) is 3.11. The molecule has 0 radical (unpaired) electrons. The number of carbonyl (C=O) groups excluding carboxylic acids is 1. The Kier molecular flexibility index (Phi) is 5.03. The molecule has 1 aromatic carbocycles. The van der Waals surface area contributed by atoms with Gasteiger partial charge in [-0.15, -0.1) is 0 Å². The fourth-order valence-electron chi connectivity index (χ4n) is 2.77. The molecule has 2 aromatic rings. The van der Waals surface area contributed by atoms with Gasteiger partial charge in [-0.1, -0.05) is 18.2 Å². The van der Waals surface area contributed by atoms with Crippen LogP contribution in [0.15, 0.2) is 41.0 Å². The Hall–Kier alpha value is -1.79. The molecule has 6 heteroatoms. The Balaban J connectivity index is 1.80. The average Bonchev–Trinajstić information content (AvgIpc) is 3.19. The lowest BCUT2D eigenvalue weighted by Crippen LogP contribution is -2.37. The molecule has 0 saturated carbocycles. The first-order chi connectivity index (χ1) is 11.1. The van der Waals surface area contributed by atoms with Crippen molar-refractivity contribution < 1.29 is 14.6 Å². The van der Waals surface area contributed by atoms with E-state index in [9.17, 15) is 9.90 Å². The predicted molar refractivity (Wildman–Crippen MR) is 90.3 cm³/mol. The van der Waals surface area contributed by atoms with Gasteiger partial charge in [-0.3, -0.25) is 4.79 Å². The molecule has 1 saturated heterocycles. The van der Waals surface area contributed by atoms with Gasteiger partial charge in [0.2, 0.25) is 0 Å². The number of aromatic hydroxyl groups is 1. The van der Waals surface area contributed by atoms with E-state index in [1.807, 2.05) is 12.1 Å². The highest BCUT2D eigenvalue weighted by molar-refractivity contribution is 9.10. The van der Waals surface area contributed by atoms with Crippen LogP contribution in [0, 0.1) is 0 Å². The summed E-state index contributed by atoms with van der Waals surface area (Å²) < 4.78 is 6.50. The quantitative estimate of drug-likeness (QED) is 0.838. The molecule has 0 aliphatic carbocycles. The molecule has 3 rings (SSSR count). The third-order valence-electron chi connectivity index (χ3n) is 3.97. The fraction of sp³-hybridized carbons (Fsp3) is 0.353. The minimum atomic E-state index is -0.102. The highest BCUT2D eigenvalue weighted by Crippen LogP contribution is 2.22. The predicted octanol–water partition coefficient (Wildman–Crippen LogP) is 3.30. The minimum Gasteiger partial charge on any atom is -0.508 e. The van der Waals surface area contributed by atoms with Crippen molar-refractivity contribution in [2.45, 2.75) is 25.5 Å². The first-order valence-corrected chi connectivity index (χ1v) is 8.44. The highest BCUT2D eigenvalue weighted by atomic mass is 79.9. The Morgan fingerprint density at radius 2 is 2.26 bits per heavy atom. The third-order valence-corrected chi connectivity index (χ3v) is 4.42. The maximum atomic E-state index is 12.8. The molecule has 0 bridgehead atoms. The number of nitrogens with zero attached hydrogens (tertiary/aromatic N) is 1. The standard InChI is InChI=1S/C17H19BrN2O3/c18-13-8-15(19-9-13)17(22)20(11-14-5-3-7-23-14)10-12-4-1-2-6-16(12)21/h1-2,4,6,8-9,14,19,21H,3,5,7,10-11H2/t14-/m1/s1. The van der Waals surface area contributed by atoms with Crippen molar-refractivity contribution >= 4 is 21.8 Å². The van der Waals surface area contributed by atoms with E-state index in [0.29, 0.717) is 18.8 Å². The zero-order valence-electron chi connectivity index (χ0n) is 12.7. The lowest BCUT2D eigenvalue weighted by atomic mass is 10.1. The van der Waals surface area contributed by atoms with Crippen LogP contribution in [0.3, 0.4) is 0 Å². The second-order valence-corrected chi connectivity index (χ2v) is 6.60. The van der Waals surface area contributed by atoms with Gasteiger partial charge in [0, 0.05) is 35.9 Å². The van der Waals surface area contributed by atoms with Crippen LogP contribution < -0.4 is 0 Å². The maximum Gasteiger partial charge on any atom is 0.270 e. The number of aromatic nitrogens is 1. The van der Waals surface area contributed by atoms with Gasteiger partial charge in [-0.05, 0) is 40.9 Å². The first-order valence-electron chi connectivity index (χ1n) is 7.65. The van der Waals surface area contributed by atoms with Crippen LogP contribution in [-0.2, 0) is 11.3 Å². The molecule has 1 aliphatic heterocycles. The summed E-state index contributed by atoms with van der Waals surface area (Å²) >= 11 is 3.35. The van der Waals surface area contributed by atoms with E-state index in [4.69, 9.17) is 4.74 Å². The van der Waals surface area contributed by atoms with E-state index in [-0.39, 0.29) is 17.8 Å². The number of ether oxygens (including phenoxy) is 1. The zero-order chi connectivity index (χ0) is 16.2. The Bertz CT molecular complexity index is 680. The SMILES string of the molecule is O=C(c1cc(Br)c[nH]1)N(Cc1ccccc1O)C[C@H]1CCCO1. The van der Waals surface area contributed by atoms with Crippen molar-refractivity contribution in [2.75, 3.05) is 13.2 Å². The molecule has 1 atom stereocenters. The number of H-pyrrole nitrogens is 1. The van der Waals surface area contributed by atoms with Crippen LogP contribution in [0.2, 0.25) is 0 Å². The number of carbonyl (C=O) groups is 1. The minimum absolute atomic E-state index is 0.0585. The summed E-state index contributed by atoms with van der Waals surface area (Å²) in [6, 6.07) is 8.85. The number of benzene rings is 1. The Morgan fingerprint density at radius 3 is 2.91 bits per heavy atom. The largest absolute Gasteiger partial charge is 0.508 e. The summed E-state index contributed by atoms with van der Waals surface area (Å²) in [6.45, 7) is 1.61. The van der Waals surface area contributed by atoms with Crippen molar-refractivity contribution in [2.24, 2.45) is 0 Å². The summed E-state index contributed by atoms with van der Waals surface area (Å²) in [5.74, 6) is 0.0970. The van der Waals surface area contributed by atoms with Gasteiger partial charge < -0.3 is 19.7 Å². The number of phenols is 1. The molecule has 122 valence electrons. The van der Waals surface area contributed by atoms with Crippen LogP contribution in [0.1, 0.15) is 28.9 Å². The van der Waals surface area contributed by atoms with Crippen LogP contribution >= 0.6 is 15.9 Å². The van der Waals surface area contributed by atoms with Gasteiger partial charge in [0.05, 0.1) is 6.10 Å². The van der Waals surface area contributed by atoms with Gasteiger partial charge >= 0.3 is 0 Å². The molecule has 5 nitrogen and oxygen atoms in total. The molecular weight excluding hydrogens is 360 g/mol. The van der Waals surface area contributed by atoms with Crippen molar-refractivity contribution in [3.05, 3.63) is 52.3 Å². The van der Waals surface area contributed by atoms with Crippen molar-refractivity contribution in [1.82, 2.24) is 9.88 Å². The van der Waals surface area contributed by atoms with Crippen LogP contribution in [0.25, 0.3) is 0 Å². The summed E-state index contributed by atoms with van der Waals surface area (Å²) in [6.07, 6.45) is 3.77. The summed E-state index contributed by atoms with van der Waals surface area (Å²) in [4.78, 5) is 17.5. The van der Waals surface area contributed by atoms with Gasteiger partial charge in [0.25, 0.3) is 5.91 Å². The van der Waals surface area contributed by atoms with E-state index in [2.05, 4.69) is 20.9 Å². The molecule has 1 fully saturated rings. The van der Waals surface area contributed by atoms with E-state index in [1.165, 1.54) is 0 Å². The molecule has 0 spiro atoms. The number of hydrogen-bond acceptors (Lipinski definition) is 3. The molecular formula is C17H19BrN2O3. The van der Waals surface area contributed by atoms with Crippen LogP contribution in [0.5, 0.6) is 5.75 Å². The van der Waals surface area contributed by atoms with Crippen LogP contribution in [-0.4, -0.2) is 40.2 Å². The van der Waals surface area contributed by atoms with Gasteiger partial charge in [0.15, 0.2) is 0 Å². The van der Waals surface area contributed by atoms with Gasteiger partial charge in [-0.2, -0.15) is 0 Å². The first kappa shape index (κ1) is 16.1. The normalized spacial score (nSPS) is 17.3. The molecule has 1 amide bonds. The lowest BCUT2D eigenvalue weighted by molar-refractivity contribution is 0.0502. The number of phenolic OH excluding ortho intramolecular Hbond substituents is 1. The summed E-state index contributed by atoms with van der Waals surface area (Å²) in [5, 5.41) is 9.99. The van der Waals surface area contributed by atoms with E-state index in [0.717, 1.165) is 29.5 Å². The van der Waals surface area contributed by atoms with Gasteiger partial charge in [0.1, 0.15) is 11.4 Å². The molecule has 0 unspecified atom stereocenters. The lowest BCUT2D eigenvalue weighted by Gasteiger charge is -2.25. The number of amides is 1. The number of para-hydroxylation sites is 1. The highest BCUT2D eigenvalue weighted by Gasteiger charge is 2.25. The Labute approximate surface area is 143 Å². The monoisotopic (exact) mass is 378 g/mol. The summed E-state index contributed by atoms with van der Waals surface area (Å²) in [5.41, 5.74) is 1.25. The smallest absolute Gasteiger partial charge is 0.270 e. The number of rotatable bonds is 5. The van der Waals surface area contributed by atoms with E-state index < -0.39 is 0 Å². The average molecular weight is 379 g/mol. The van der Waals surface area contributed by atoms with Crippen LogP contribution in [0.4, 0.5) is 0 Å². The molecule has 2 N–H and O–H groups in total. The number of hydrogen-bond donors (Lipinski definition) is 2. The molecule has 1 aliphatic rings. The number of halogens is 1. The molecule has 2 heterocycles. The van der Waals surface area contributed by atoms with Crippen molar-refractivity contribution in [3.8, 4) is 5.75 Å². The third kappa shape index (κ3) is 3.95. The molecule has 23 heavy (non-hydrogen) atoms. The number of nitrogens with one attached hydrogen (secondary N) is 1. The number of aromatic amines is 1. The summed E-state index contributed by atoms with van der Waals surface area (Å²) in [7, 11) is 0. The maximum absolute atomic E-state index is 12.8. The Morgan fingerprint density at radius 1 is 1.43 bits per heavy atom. The van der Waals surface area contributed by atoms with Crippen molar-refractivity contribution in [1.29, 1.82) is 0 Å². The topological polar surface area (TPSA) is 65.6 Å². The van der Waals surface area contributed by atoms with Gasteiger partial charge in [-0.25, -0.2) is 0 Å². The second-order valence-electron chi connectivity index (χ2n) is 5.68.